The lowest BCUT2D eigenvalue weighted by Gasteiger charge is -2.36. The van der Waals surface area contributed by atoms with Gasteiger partial charge in [-0.2, -0.15) is 4.63 Å². The molecule has 240 valence electrons. The van der Waals surface area contributed by atoms with E-state index in [0.29, 0.717) is 12.4 Å². The van der Waals surface area contributed by atoms with E-state index in [4.69, 9.17) is 20.4 Å². The number of fused-ring (bicyclic) bond motifs is 1. The van der Waals surface area contributed by atoms with Gasteiger partial charge in [0.25, 0.3) is 0 Å². The van der Waals surface area contributed by atoms with E-state index in [2.05, 4.69) is 145 Å². The van der Waals surface area contributed by atoms with Crippen LogP contribution >= 0.6 is 0 Å². The van der Waals surface area contributed by atoms with Crippen LogP contribution in [0.3, 0.4) is 0 Å². The van der Waals surface area contributed by atoms with Gasteiger partial charge in [0.15, 0.2) is 17.3 Å². The highest BCUT2D eigenvalue weighted by molar-refractivity contribution is 5.81. The number of rotatable bonds is 10. The van der Waals surface area contributed by atoms with Crippen LogP contribution < -0.4 is 0 Å². The Balaban J connectivity index is 1.23. The molecule has 0 atom stereocenters. The van der Waals surface area contributed by atoms with Crippen LogP contribution in [0.5, 0.6) is 0 Å². The Morgan fingerprint density at radius 3 is 1.82 bits per heavy atom. The number of hydrogen-bond donors (Lipinski definition) is 0. The van der Waals surface area contributed by atoms with E-state index >= 15 is 0 Å². The molecular weight excluding hydrogens is 605 g/mol. The molecule has 49 heavy (non-hydrogen) atoms. The van der Waals surface area contributed by atoms with Crippen LogP contribution in [-0.4, -0.2) is 39.6 Å². The number of tetrazole rings is 1. The fourth-order valence-electron chi connectivity index (χ4n) is 6.94. The highest BCUT2D eigenvalue weighted by Crippen LogP contribution is 2.43. The fraction of sp³-hybridized carbons (Fsp3) is 0.146. The van der Waals surface area contributed by atoms with Crippen molar-refractivity contribution in [2.75, 3.05) is 0 Å². The molecule has 3 heterocycles. The largest absolute Gasteiger partial charge is 0.263 e. The van der Waals surface area contributed by atoms with Crippen LogP contribution in [0.15, 0.2) is 146 Å². The minimum atomic E-state index is -0.835. The predicted molar refractivity (Wildman–Crippen MR) is 192 cm³/mol. The number of nitrogens with zero attached hydrogens (tertiary/aromatic N) is 8. The summed E-state index contributed by atoms with van der Waals surface area (Å²) < 4.78 is 6.10. The molecule has 0 spiro atoms. The standard InChI is InChI=1S/C41H36N8/c1-3-15-38-42-39-28-30(2)47(49(39)44-38)29-31-24-26-32(27-25-31)36-22-13-14-23-37(36)40-43-45-46-48(40)41(33-16-7-4-8-17-33,34-18-9-5-10-19-34)35-20-11-6-12-21-35/h4-14,16-28H,3,15,29H2,1-2H3. The summed E-state index contributed by atoms with van der Waals surface area (Å²) in [6.07, 6.45) is 1.90. The summed E-state index contributed by atoms with van der Waals surface area (Å²) in [7, 11) is 0. The molecule has 0 unspecified atom stereocenters. The predicted octanol–water partition coefficient (Wildman–Crippen LogP) is 8.00. The van der Waals surface area contributed by atoms with Gasteiger partial charge in [-0.1, -0.05) is 146 Å². The Kier molecular flexibility index (Phi) is 7.89. The van der Waals surface area contributed by atoms with E-state index in [1.807, 2.05) is 33.6 Å². The Morgan fingerprint density at radius 1 is 0.653 bits per heavy atom. The third kappa shape index (κ3) is 5.31. The molecule has 0 aliphatic heterocycles. The molecule has 3 aromatic heterocycles. The summed E-state index contributed by atoms with van der Waals surface area (Å²) in [4.78, 5) is 4.71. The third-order valence-electron chi connectivity index (χ3n) is 9.23. The molecule has 0 N–H and O–H groups in total. The molecule has 0 aliphatic carbocycles. The van der Waals surface area contributed by atoms with Gasteiger partial charge in [0.2, 0.25) is 0 Å². The van der Waals surface area contributed by atoms with Crippen molar-refractivity contribution < 1.29 is 0 Å². The Bertz CT molecular complexity index is 2220. The lowest BCUT2D eigenvalue weighted by Crippen LogP contribution is -2.39. The summed E-state index contributed by atoms with van der Waals surface area (Å²) in [5, 5.41) is 18.6. The van der Waals surface area contributed by atoms with Crippen LogP contribution in [-0.2, 0) is 18.5 Å². The first-order valence-electron chi connectivity index (χ1n) is 16.7. The van der Waals surface area contributed by atoms with Gasteiger partial charge in [-0.15, -0.1) is 10.2 Å². The zero-order valence-electron chi connectivity index (χ0n) is 27.6. The number of hydrogen-bond acceptors (Lipinski definition) is 5. The van der Waals surface area contributed by atoms with E-state index in [-0.39, 0.29) is 0 Å². The molecule has 5 aromatic carbocycles. The first kappa shape index (κ1) is 30.2. The molecule has 0 aliphatic rings. The van der Waals surface area contributed by atoms with E-state index in [9.17, 15) is 0 Å². The molecule has 8 aromatic rings. The molecule has 0 amide bonds. The van der Waals surface area contributed by atoms with Gasteiger partial charge in [-0.25, -0.2) is 9.67 Å². The molecule has 8 heteroatoms. The van der Waals surface area contributed by atoms with Gasteiger partial charge in [-0.3, -0.25) is 4.68 Å². The van der Waals surface area contributed by atoms with Crippen molar-refractivity contribution in [3.8, 4) is 22.5 Å². The average Bonchev–Trinajstić information content (AvgIpc) is 3.87. The van der Waals surface area contributed by atoms with Crippen LogP contribution in [0.2, 0.25) is 0 Å². The van der Waals surface area contributed by atoms with E-state index in [1.165, 1.54) is 5.56 Å². The average molecular weight is 641 g/mol. The third-order valence-corrected chi connectivity index (χ3v) is 9.23. The highest BCUT2D eigenvalue weighted by atomic mass is 15.6. The molecule has 0 fully saturated rings. The van der Waals surface area contributed by atoms with Crippen LogP contribution in [0.4, 0.5) is 0 Å². The number of aryl methyl sites for hydroxylation is 2. The Morgan fingerprint density at radius 2 is 1.22 bits per heavy atom. The van der Waals surface area contributed by atoms with Crippen molar-refractivity contribution >= 4 is 5.65 Å². The highest BCUT2D eigenvalue weighted by Gasteiger charge is 2.42. The summed E-state index contributed by atoms with van der Waals surface area (Å²) >= 11 is 0. The summed E-state index contributed by atoms with van der Waals surface area (Å²) in [6, 6.07) is 50.7. The summed E-state index contributed by atoms with van der Waals surface area (Å²) in [5.41, 5.74) is 8.62. The fourth-order valence-corrected chi connectivity index (χ4v) is 6.94. The molecule has 8 rings (SSSR count). The second-order valence-corrected chi connectivity index (χ2v) is 12.3. The van der Waals surface area contributed by atoms with Gasteiger partial charge in [0.1, 0.15) is 5.54 Å². The van der Waals surface area contributed by atoms with Gasteiger partial charge in [0.05, 0.1) is 6.54 Å². The maximum Gasteiger partial charge on any atom is 0.184 e. The quantitative estimate of drug-likeness (QED) is 0.142. The maximum atomic E-state index is 4.77. The van der Waals surface area contributed by atoms with Crippen molar-refractivity contribution in [3.05, 3.63) is 179 Å². The minimum Gasteiger partial charge on any atom is -0.263 e. The molecule has 0 saturated carbocycles. The van der Waals surface area contributed by atoms with Gasteiger partial charge in [0, 0.05) is 23.7 Å². The molecule has 0 saturated heterocycles. The Hall–Kier alpha value is -6.15. The number of benzene rings is 5. The van der Waals surface area contributed by atoms with E-state index < -0.39 is 5.54 Å². The second kappa shape index (κ2) is 12.8. The number of aromatic nitrogens is 8. The lowest BCUT2D eigenvalue weighted by molar-refractivity contribution is 0.451. The van der Waals surface area contributed by atoms with Crippen LogP contribution in [0.25, 0.3) is 28.2 Å². The second-order valence-electron chi connectivity index (χ2n) is 12.3. The van der Waals surface area contributed by atoms with E-state index in [0.717, 1.165) is 63.4 Å². The summed E-state index contributed by atoms with van der Waals surface area (Å²) in [5.74, 6) is 1.56. The summed E-state index contributed by atoms with van der Waals surface area (Å²) in [6.45, 7) is 4.94. The van der Waals surface area contributed by atoms with Gasteiger partial charge in [-0.05, 0) is 57.2 Å². The lowest BCUT2D eigenvalue weighted by atomic mass is 9.77. The van der Waals surface area contributed by atoms with Gasteiger partial charge >= 0.3 is 0 Å². The maximum absolute atomic E-state index is 4.77. The van der Waals surface area contributed by atoms with Crippen LogP contribution in [0, 0.1) is 6.92 Å². The van der Waals surface area contributed by atoms with Crippen LogP contribution in [0.1, 0.15) is 47.1 Å². The van der Waals surface area contributed by atoms with E-state index in [1.54, 1.807) is 0 Å². The van der Waals surface area contributed by atoms with Crippen molar-refractivity contribution in [2.45, 2.75) is 38.8 Å². The monoisotopic (exact) mass is 640 g/mol. The first-order valence-corrected chi connectivity index (χ1v) is 16.7. The Labute approximate surface area is 285 Å². The SMILES string of the molecule is CCCc1nc2cc(C)n(Cc3ccc(-c4ccccc4-c4nnnn4C(c4ccccc4)(c4ccccc4)c4ccccc4)cc3)n2n1. The van der Waals surface area contributed by atoms with Crippen molar-refractivity contribution in [3.63, 3.8) is 0 Å². The normalized spacial score (nSPS) is 11.7. The van der Waals surface area contributed by atoms with Crippen molar-refractivity contribution in [2.24, 2.45) is 0 Å². The zero-order valence-corrected chi connectivity index (χ0v) is 27.6. The smallest absolute Gasteiger partial charge is 0.184 e. The zero-order chi connectivity index (χ0) is 33.2. The molecule has 8 nitrogen and oxygen atoms in total. The molecule has 0 radical (unpaired) electrons. The van der Waals surface area contributed by atoms with Gasteiger partial charge < -0.3 is 0 Å². The van der Waals surface area contributed by atoms with Crippen molar-refractivity contribution in [1.82, 2.24) is 39.6 Å². The first-order chi connectivity index (χ1) is 24.2. The minimum absolute atomic E-state index is 0.677. The molecular formula is C41H36N8. The molecule has 0 bridgehead atoms. The van der Waals surface area contributed by atoms with Crippen molar-refractivity contribution in [1.29, 1.82) is 0 Å². The topological polar surface area (TPSA) is 78.7 Å².